The molecule has 0 radical (unpaired) electrons. The summed E-state index contributed by atoms with van der Waals surface area (Å²) in [4.78, 5) is 14.2. The minimum atomic E-state index is -3.69. The largest absolute Gasteiger partial charge is 0.497 e. The Morgan fingerprint density at radius 2 is 1.71 bits per heavy atom. The molecule has 2 aromatic heterocycles. The molecule has 2 aliphatic rings. The third kappa shape index (κ3) is 5.93. The molecular weight excluding hydrogens is 556 g/mol. The predicted molar refractivity (Wildman–Crippen MR) is 163 cm³/mol. The Kier molecular flexibility index (Phi) is 7.54. The summed E-state index contributed by atoms with van der Waals surface area (Å²) in [5.41, 5.74) is 3.20. The van der Waals surface area contributed by atoms with Gasteiger partial charge < -0.3 is 29.9 Å². The molecule has 13 heteroatoms. The molecule has 42 heavy (non-hydrogen) atoms. The molecular formula is C29H36N8O4S. The molecule has 6 rings (SSSR count). The Morgan fingerprint density at radius 1 is 0.976 bits per heavy atom. The van der Waals surface area contributed by atoms with E-state index in [-0.39, 0.29) is 17.6 Å². The van der Waals surface area contributed by atoms with Crippen LogP contribution in [-0.4, -0.2) is 92.8 Å². The number of hydrogen-bond donors (Lipinski definition) is 2. The minimum absolute atomic E-state index is 0.0591. The molecule has 0 atom stereocenters. The second-order valence-corrected chi connectivity index (χ2v) is 12.8. The van der Waals surface area contributed by atoms with Gasteiger partial charge in [0.05, 0.1) is 20.8 Å². The molecule has 1 saturated carbocycles. The van der Waals surface area contributed by atoms with Gasteiger partial charge in [0.2, 0.25) is 5.95 Å². The molecule has 0 bridgehead atoms. The minimum Gasteiger partial charge on any atom is -0.497 e. The number of benzene rings is 2. The Labute approximate surface area is 245 Å². The lowest BCUT2D eigenvalue weighted by atomic mass is 10.2. The van der Waals surface area contributed by atoms with Crippen LogP contribution in [0, 0.1) is 0 Å². The van der Waals surface area contributed by atoms with Crippen molar-refractivity contribution >= 4 is 44.0 Å². The van der Waals surface area contributed by atoms with E-state index in [1.165, 1.54) is 5.69 Å². The van der Waals surface area contributed by atoms with Gasteiger partial charge in [0.25, 0.3) is 0 Å². The molecule has 12 nitrogen and oxygen atoms in total. The summed E-state index contributed by atoms with van der Waals surface area (Å²) < 4.78 is 38.3. The zero-order valence-corrected chi connectivity index (χ0v) is 25.1. The molecule has 222 valence electrons. The van der Waals surface area contributed by atoms with Crippen molar-refractivity contribution in [2.24, 2.45) is 0 Å². The Morgan fingerprint density at radius 3 is 2.36 bits per heavy atom. The van der Waals surface area contributed by atoms with Gasteiger partial charge in [0.15, 0.2) is 20.5 Å². The number of fused-ring (bicyclic) bond motifs is 1. The second kappa shape index (κ2) is 11.3. The molecule has 0 unspecified atom stereocenters. The highest BCUT2D eigenvalue weighted by atomic mass is 32.2. The average molecular weight is 593 g/mol. The zero-order valence-electron chi connectivity index (χ0n) is 24.3. The van der Waals surface area contributed by atoms with Gasteiger partial charge in [0, 0.05) is 61.5 Å². The zero-order chi connectivity index (χ0) is 29.4. The van der Waals surface area contributed by atoms with E-state index in [9.17, 15) is 8.42 Å². The number of nitrogens with one attached hydrogen (secondary N) is 2. The topological polar surface area (TPSA) is 127 Å². The third-order valence-electron chi connectivity index (χ3n) is 7.64. The monoisotopic (exact) mass is 592 g/mol. The first-order valence-corrected chi connectivity index (χ1v) is 15.9. The lowest BCUT2D eigenvalue weighted by Crippen LogP contribution is -2.44. The number of sulfone groups is 1. The van der Waals surface area contributed by atoms with Crippen molar-refractivity contribution in [3.05, 3.63) is 48.0 Å². The van der Waals surface area contributed by atoms with Gasteiger partial charge in [-0.25, -0.2) is 13.1 Å². The number of rotatable bonds is 10. The smallest absolute Gasteiger partial charge is 0.231 e. The van der Waals surface area contributed by atoms with E-state index in [2.05, 4.69) is 44.7 Å². The molecule has 2 N–H and O–H groups in total. The fourth-order valence-electron chi connectivity index (χ4n) is 5.08. The molecule has 3 heterocycles. The average Bonchev–Trinajstić information content (AvgIpc) is 3.72. The Bertz CT molecular complexity index is 1700. The van der Waals surface area contributed by atoms with Crippen LogP contribution in [0.4, 0.5) is 23.1 Å². The van der Waals surface area contributed by atoms with E-state index in [1.54, 1.807) is 25.0 Å². The fourth-order valence-corrected chi connectivity index (χ4v) is 5.89. The maximum absolute atomic E-state index is 12.9. The van der Waals surface area contributed by atoms with Crippen molar-refractivity contribution in [2.75, 3.05) is 69.2 Å². The van der Waals surface area contributed by atoms with Gasteiger partial charge in [-0.15, -0.1) is 0 Å². The first-order chi connectivity index (χ1) is 20.2. The first kappa shape index (κ1) is 28.0. The summed E-state index contributed by atoms with van der Waals surface area (Å²) in [6.07, 6.45) is 3.14. The van der Waals surface area contributed by atoms with Crippen molar-refractivity contribution in [2.45, 2.75) is 30.5 Å². The standard InChI is InChI=1S/C29H36N8O4S/c1-35-13-15-36(16-14-35)22-10-8-21(9-11-22)31-29-32-26(30-20-6-7-20)25-27(33-29)37(34-28(25)42(4,38)39)18-19-5-12-23(40-2)17-24(19)41-3/h5,8-12,17,20H,6-7,13-16,18H2,1-4H3,(H2,30,31,32,33). The summed E-state index contributed by atoms with van der Waals surface area (Å²) in [6, 6.07) is 13.9. The van der Waals surface area contributed by atoms with Crippen molar-refractivity contribution < 1.29 is 17.9 Å². The Hall–Kier alpha value is -4.10. The highest BCUT2D eigenvalue weighted by molar-refractivity contribution is 7.90. The molecule has 0 spiro atoms. The van der Waals surface area contributed by atoms with Crippen LogP contribution in [0.25, 0.3) is 11.0 Å². The second-order valence-electron chi connectivity index (χ2n) is 10.9. The van der Waals surface area contributed by atoms with Gasteiger partial charge in [0.1, 0.15) is 22.7 Å². The number of methoxy groups -OCH3 is 2. The van der Waals surface area contributed by atoms with Crippen molar-refractivity contribution in [3.8, 4) is 11.5 Å². The number of nitrogens with zero attached hydrogens (tertiary/aromatic N) is 6. The maximum Gasteiger partial charge on any atom is 0.231 e. The van der Waals surface area contributed by atoms with Crippen LogP contribution in [-0.2, 0) is 16.4 Å². The predicted octanol–water partition coefficient (Wildman–Crippen LogP) is 3.37. The van der Waals surface area contributed by atoms with Crippen molar-refractivity contribution in [1.29, 1.82) is 0 Å². The van der Waals surface area contributed by atoms with Crippen molar-refractivity contribution in [1.82, 2.24) is 24.6 Å². The van der Waals surface area contributed by atoms with E-state index >= 15 is 0 Å². The maximum atomic E-state index is 12.9. The van der Waals surface area contributed by atoms with Gasteiger partial charge in [-0.05, 0) is 56.3 Å². The van der Waals surface area contributed by atoms with Gasteiger partial charge in [-0.2, -0.15) is 15.1 Å². The normalized spacial score (nSPS) is 16.0. The molecule has 0 amide bonds. The molecule has 2 fully saturated rings. The van der Waals surface area contributed by atoms with Crippen LogP contribution < -0.4 is 25.0 Å². The quantitative estimate of drug-likeness (QED) is 0.281. The fraction of sp³-hybridized carbons (Fsp3) is 0.414. The molecule has 1 aliphatic carbocycles. The molecule has 1 aliphatic heterocycles. The van der Waals surface area contributed by atoms with Crippen LogP contribution >= 0.6 is 0 Å². The van der Waals surface area contributed by atoms with Crippen LogP contribution in [0.5, 0.6) is 11.5 Å². The molecule has 2 aromatic carbocycles. The van der Waals surface area contributed by atoms with E-state index in [4.69, 9.17) is 19.4 Å². The summed E-state index contributed by atoms with van der Waals surface area (Å²) in [5, 5.41) is 11.6. The van der Waals surface area contributed by atoms with Gasteiger partial charge in [-0.3, -0.25) is 0 Å². The summed E-state index contributed by atoms with van der Waals surface area (Å²) in [7, 11) is 1.63. The van der Waals surface area contributed by atoms with Crippen LogP contribution in [0.2, 0.25) is 0 Å². The lowest BCUT2D eigenvalue weighted by molar-refractivity contribution is 0.313. The SMILES string of the molecule is COc1ccc(Cn2nc(S(C)(=O)=O)c3c(NC4CC4)nc(Nc4ccc(N5CCN(C)CC5)cc4)nc32)c(OC)c1. The third-order valence-corrected chi connectivity index (χ3v) is 8.62. The van der Waals surface area contributed by atoms with Crippen LogP contribution in [0.15, 0.2) is 47.5 Å². The summed E-state index contributed by atoms with van der Waals surface area (Å²) in [6.45, 7) is 4.29. The van der Waals surface area contributed by atoms with Crippen molar-refractivity contribution in [3.63, 3.8) is 0 Å². The van der Waals surface area contributed by atoms with Gasteiger partial charge >= 0.3 is 0 Å². The van der Waals surface area contributed by atoms with E-state index in [0.717, 1.165) is 56.5 Å². The summed E-state index contributed by atoms with van der Waals surface area (Å²) in [5.74, 6) is 2.05. The molecule has 4 aromatic rings. The van der Waals surface area contributed by atoms with E-state index in [0.29, 0.717) is 34.3 Å². The lowest BCUT2D eigenvalue weighted by Gasteiger charge is -2.34. The molecule has 1 saturated heterocycles. The summed E-state index contributed by atoms with van der Waals surface area (Å²) >= 11 is 0. The number of piperazine rings is 1. The number of anilines is 4. The van der Waals surface area contributed by atoms with Gasteiger partial charge in [-0.1, -0.05) is 0 Å². The first-order valence-electron chi connectivity index (χ1n) is 14.0. The Balaban J connectivity index is 1.38. The van der Waals surface area contributed by atoms with E-state index in [1.807, 2.05) is 24.3 Å². The highest BCUT2D eigenvalue weighted by Crippen LogP contribution is 2.34. The van der Waals surface area contributed by atoms with E-state index < -0.39 is 9.84 Å². The van der Waals surface area contributed by atoms with Crippen LogP contribution in [0.1, 0.15) is 18.4 Å². The highest BCUT2D eigenvalue weighted by Gasteiger charge is 2.29. The number of hydrogen-bond acceptors (Lipinski definition) is 11. The van der Waals surface area contributed by atoms with Crippen LogP contribution in [0.3, 0.4) is 0 Å². The number of likely N-dealkylation sites (N-methyl/N-ethyl adjacent to an activating group) is 1. The number of aromatic nitrogens is 4. The number of ether oxygens (including phenoxy) is 2.